The van der Waals surface area contributed by atoms with Crippen LogP contribution in [0.3, 0.4) is 0 Å². The average molecular weight is 358 g/mol. The van der Waals surface area contributed by atoms with E-state index in [0.717, 1.165) is 24.3 Å². The lowest BCUT2D eigenvalue weighted by molar-refractivity contribution is -0.918. The lowest BCUT2D eigenvalue weighted by Gasteiger charge is -2.18. The third-order valence-electron chi connectivity index (χ3n) is 3.72. The second-order valence-corrected chi connectivity index (χ2v) is 7.92. The van der Waals surface area contributed by atoms with Crippen molar-refractivity contribution in [1.82, 2.24) is 0 Å². The largest absolute Gasteiger partial charge is 0.321 e. The van der Waals surface area contributed by atoms with Crippen LogP contribution in [-0.4, -0.2) is 12.5 Å². The number of carbonyl (C=O) groups excluding carboxylic acids is 1. The molecule has 0 spiro atoms. The summed E-state index contributed by atoms with van der Waals surface area (Å²) in [6, 6.07) is 16.3. The van der Waals surface area contributed by atoms with Gasteiger partial charge in [0.2, 0.25) is 0 Å². The normalized spacial score (nSPS) is 10.9. The van der Waals surface area contributed by atoms with E-state index in [2.05, 4.69) is 40.3 Å². The number of hydrogen-bond donors (Lipinski definition) is 2. The predicted molar refractivity (Wildman–Crippen MR) is 102 cm³/mol. The minimum absolute atomic E-state index is 0.0590. The van der Waals surface area contributed by atoms with Crippen molar-refractivity contribution in [2.24, 2.45) is 0 Å². The van der Waals surface area contributed by atoms with Crippen LogP contribution in [0.25, 0.3) is 0 Å². The minimum Gasteiger partial charge on any atom is -0.321 e. The number of rotatable bonds is 7. The molecule has 2 heterocycles. The van der Waals surface area contributed by atoms with Crippen LogP contribution in [0, 0.1) is 6.92 Å². The quantitative estimate of drug-likeness (QED) is 0.668. The van der Waals surface area contributed by atoms with Gasteiger partial charge in [-0.25, -0.2) is 0 Å². The van der Waals surface area contributed by atoms with Crippen LogP contribution in [0.4, 0.5) is 5.69 Å². The number of benzene rings is 1. The number of thiophene rings is 2. The Labute approximate surface area is 150 Å². The van der Waals surface area contributed by atoms with Crippen LogP contribution in [0.1, 0.15) is 15.3 Å². The summed E-state index contributed by atoms with van der Waals surface area (Å²) in [4.78, 5) is 16.3. The fourth-order valence-electron chi connectivity index (χ4n) is 2.66. The Morgan fingerprint density at radius 3 is 2.21 bits per heavy atom. The molecule has 3 nitrogen and oxygen atoms in total. The molecule has 0 unspecified atom stereocenters. The van der Waals surface area contributed by atoms with Crippen molar-refractivity contribution < 1.29 is 9.69 Å². The molecule has 1 aromatic carbocycles. The molecule has 0 saturated carbocycles. The summed E-state index contributed by atoms with van der Waals surface area (Å²) in [5.74, 6) is 0.0590. The van der Waals surface area contributed by atoms with Crippen molar-refractivity contribution in [2.45, 2.75) is 20.0 Å². The summed E-state index contributed by atoms with van der Waals surface area (Å²) < 4.78 is 0. The lowest BCUT2D eigenvalue weighted by atomic mass is 10.2. The van der Waals surface area contributed by atoms with Gasteiger partial charge in [-0.15, -0.1) is 22.7 Å². The average Bonchev–Trinajstić information content (AvgIpc) is 3.21. The maximum absolute atomic E-state index is 12.5. The van der Waals surface area contributed by atoms with Crippen LogP contribution >= 0.6 is 22.7 Å². The molecule has 24 heavy (non-hydrogen) atoms. The Balaban J connectivity index is 1.64. The number of anilines is 1. The maximum Gasteiger partial charge on any atom is 0.279 e. The molecule has 5 heteroatoms. The van der Waals surface area contributed by atoms with Gasteiger partial charge in [0.1, 0.15) is 13.1 Å². The Morgan fingerprint density at radius 1 is 1.00 bits per heavy atom. The first-order valence-corrected chi connectivity index (χ1v) is 9.70. The van der Waals surface area contributed by atoms with Gasteiger partial charge in [0.25, 0.3) is 5.91 Å². The van der Waals surface area contributed by atoms with Gasteiger partial charge in [0.05, 0.1) is 9.75 Å². The van der Waals surface area contributed by atoms with Gasteiger partial charge in [-0.05, 0) is 47.5 Å². The molecular weight excluding hydrogens is 336 g/mol. The molecule has 0 saturated heterocycles. The monoisotopic (exact) mass is 357 g/mol. The summed E-state index contributed by atoms with van der Waals surface area (Å²) in [6.07, 6.45) is 0. The van der Waals surface area contributed by atoms with Crippen LogP contribution in [0.5, 0.6) is 0 Å². The van der Waals surface area contributed by atoms with E-state index >= 15 is 0 Å². The van der Waals surface area contributed by atoms with E-state index in [0.29, 0.717) is 6.54 Å². The molecule has 3 aromatic rings. The lowest BCUT2D eigenvalue weighted by Crippen LogP contribution is -3.10. The number of nitrogens with one attached hydrogen (secondary N) is 2. The van der Waals surface area contributed by atoms with Gasteiger partial charge in [-0.1, -0.05) is 24.3 Å². The molecule has 3 rings (SSSR count). The minimum atomic E-state index is 0.0590. The molecular formula is C19H21N2OS2+. The number of hydrogen-bond acceptors (Lipinski definition) is 3. The first-order chi connectivity index (χ1) is 11.7. The number of amides is 1. The van der Waals surface area contributed by atoms with Crippen LogP contribution in [0.15, 0.2) is 59.3 Å². The zero-order chi connectivity index (χ0) is 16.8. The summed E-state index contributed by atoms with van der Waals surface area (Å²) in [7, 11) is 0. The van der Waals surface area contributed by atoms with Crippen molar-refractivity contribution in [2.75, 3.05) is 11.9 Å². The van der Waals surface area contributed by atoms with Crippen molar-refractivity contribution in [3.05, 3.63) is 74.6 Å². The summed E-state index contributed by atoms with van der Waals surface area (Å²) >= 11 is 3.50. The zero-order valence-corrected chi connectivity index (χ0v) is 15.3. The highest BCUT2D eigenvalue weighted by molar-refractivity contribution is 7.10. The third kappa shape index (κ3) is 5.03. The van der Waals surface area contributed by atoms with Gasteiger partial charge in [-0.2, -0.15) is 0 Å². The topological polar surface area (TPSA) is 33.5 Å². The molecule has 0 radical (unpaired) electrons. The van der Waals surface area contributed by atoms with E-state index in [1.807, 2.05) is 31.2 Å². The van der Waals surface area contributed by atoms with Gasteiger partial charge in [-0.3, -0.25) is 4.79 Å². The van der Waals surface area contributed by atoms with E-state index in [-0.39, 0.29) is 5.91 Å². The molecule has 124 valence electrons. The number of quaternary nitrogens is 1. The Hall–Kier alpha value is -1.95. The third-order valence-corrected chi connectivity index (χ3v) is 5.47. The zero-order valence-electron chi connectivity index (χ0n) is 13.6. The highest BCUT2D eigenvalue weighted by Gasteiger charge is 2.17. The van der Waals surface area contributed by atoms with Gasteiger partial charge < -0.3 is 10.2 Å². The van der Waals surface area contributed by atoms with E-state index < -0.39 is 0 Å². The summed E-state index contributed by atoms with van der Waals surface area (Å²) in [5, 5.41) is 7.20. The molecule has 2 N–H and O–H groups in total. The molecule has 2 aromatic heterocycles. The van der Waals surface area contributed by atoms with Crippen LogP contribution in [-0.2, 0) is 17.9 Å². The van der Waals surface area contributed by atoms with E-state index in [4.69, 9.17) is 0 Å². The summed E-state index contributed by atoms with van der Waals surface area (Å²) in [6.45, 7) is 4.23. The molecule has 0 bridgehead atoms. The van der Waals surface area contributed by atoms with Crippen molar-refractivity contribution in [1.29, 1.82) is 0 Å². The number of carbonyl (C=O) groups is 1. The molecule has 0 atom stereocenters. The Morgan fingerprint density at radius 2 is 1.67 bits per heavy atom. The SMILES string of the molecule is Cc1cccc(NC(=O)C[NH+](Cc2cccs2)Cc2cccs2)c1. The molecule has 0 aliphatic heterocycles. The highest BCUT2D eigenvalue weighted by Crippen LogP contribution is 2.10. The molecule has 0 aliphatic rings. The van der Waals surface area contributed by atoms with E-state index in [9.17, 15) is 4.79 Å². The summed E-state index contributed by atoms with van der Waals surface area (Å²) in [5.41, 5.74) is 2.01. The fraction of sp³-hybridized carbons (Fsp3) is 0.211. The second-order valence-electron chi connectivity index (χ2n) is 5.86. The van der Waals surface area contributed by atoms with E-state index in [1.54, 1.807) is 22.7 Å². The molecule has 0 fully saturated rings. The molecule has 0 aliphatic carbocycles. The second kappa shape index (κ2) is 8.24. The first-order valence-electron chi connectivity index (χ1n) is 7.94. The van der Waals surface area contributed by atoms with Crippen molar-refractivity contribution in [3.63, 3.8) is 0 Å². The fourth-order valence-corrected chi connectivity index (χ4v) is 4.21. The maximum atomic E-state index is 12.5. The van der Waals surface area contributed by atoms with Crippen molar-refractivity contribution in [3.8, 4) is 0 Å². The number of aryl methyl sites for hydroxylation is 1. The smallest absolute Gasteiger partial charge is 0.279 e. The van der Waals surface area contributed by atoms with Gasteiger partial charge in [0.15, 0.2) is 6.54 Å². The van der Waals surface area contributed by atoms with Crippen LogP contribution in [0.2, 0.25) is 0 Å². The van der Waals surface area contributed by atoms with Gasteiger partial charge in [0, 0.05) is 5.69 Å². The van der Waals surface area contributed by atoms with Gasteiger partial charge >= 0.3 is 0 Å². The highest BCUT2D eigenvalue weighted by atomic mass is 32.1. The standard InChI is InChI=1S/C19H20N2OS2/c1-15-5-2-6-16(11-15)20-19(22)14-21(12-17-7-3-9-23-17)13-18-8-4-10-24-18/h2-11H,12-14H2,1H3,(H,20,22)/p+1. The Bertz CT molecular complexity index is 730. The van der Waals surface area contributed by atoms with Crippen molar-refractivity contribution >= 4 is 34.3 Å². The predicted octanol–water partition coefficient (Wildman–Crippen LogP) is 3.34. The Kier molecular flexibility index (Phi) is 5.80. The van der Waals surface area contributed by atoms with E-state index in [1.165, 1.54) is 14.7 Å². The first kappa shape index (κ1) is 16.9. The molecule has 1 amide bonds. The van der Waals surface area contributed by atoms with Crippen LogP contribution < -0.4 is 10.2 Å².